The fraction of sp³-hybridized carbons (Fsp3) is 0.682. The number of carbonyl (C=O) groups is 1. The van der Waals surface area contributed by atoms with Crippen LogP contribution in [-0.4, -0.2) is 23.6 Å². The van der Waals surface area contributed by atoms with Crippen LogP contribution in [0.1, 0.15) is 68.5 Å². The molecule has 1 spiro atoms. The zero-order valence-electron chi connectivity index (χ0n) is 17.2. The quantitative estimate of drug-likeness (QED) is 0.342. The summed E-state index contributed by atoms with van der Waals surface area (Å²) in [5, 5.41) is 0. The van der Waals surface area contributed by atoms with Crippen molar-refractivity contribution in [2.75, 3.05) is 0 Å². The van der Waals surface area contributed by atoms with Gasteiger partial charge >= 0.3 is 0 Å². The zero-order valence-corrected chi connectivity index (χ0v) is 17.2. The van der Waals surface area contributed by atoms with Crippen molar-refractivity contribution in [2.24, 2.45) is 29.5 Å². The van der Waals surface area contributed by atoms with Crippen LogP contribution in [-0.2, 0) is 19.2 Å². The van der Waals surface area contributed by atoms with E-state index in [1.165, 1.54) is 6.42 Å². The van der Waals surface area contributed by atoms with Gasteiger partial charge in [-0.1, -0.05) is 26.0 Å². The fourth-order valence-corrected chi connectivity index (χ4v) is 6.19. The van der Waals surface area contributed by atoms with Gasteiger partial charge in [-0.25, -0.2) is 15.6 Å². The highest BCUT2D eigenvalue weighted by atomic mass is 17.3. The summed E-state index contributed by atoms with van der Waals surface area (Å²) in [6.07, 6.45) is 3.47. The van der Waals surface area contributed by atoms with Crippen LogP contribution in [0.5, 0.6) is 0 Å². The number of nitrogens with one attached hydrogen (secondary N) is 1. The van der Waals surface area contributed by atoms with Gasteiger partial charge in [-0.15, -0.1) is 0 Å². The predicted molar refractivity (Wildman–Crippen MR) is 104 cm³/mol. The molecule has 1 aromatic rings. The lowest BCUT2D eigenvalue weighted by atomic mass is 9.57. The average Bonchev–Trinajstić information content (AvgIpc) is 2.96. The summed E-state index contributed by atoms with van der Waals surface area (Å²) in [7, 11) is 0. The summed E-state index contributed by atoms with van der Waals surface area (Å²) in [4.78, 5) is 23.8. The molecule has 0 aromatic heterocycles. The standard InChI is InChI=1S/C22H30N2O5/c1-12-4-9-17-13(2)18(14-5-7-15(8-6-14)19(25)24-23)26-20-22(17)16(12)10-11-21(3,27-20)28-29-22/h5-8,12-13,16-18,20H,4,9-11,23H2,1-3H3,(H,24,25)/t12-,13-,16+,17+,18+,20-,21-,22-/m1/s1. The van der Waals surface area contributed by atoms with Crippen molar-refractivity contribution in [2.45, 2.75) is 70.2 Å². The minimum absolute atomic E-state index is 0.133. The van der Waals surface area contributed by atoms with Crippen molar-refractivity contribution >= 4 is 5.91 Å². The Morgan fingerprint density at radius 1 is 1.10 bits per heavy atom. The van der Waals surface area contributed by atoms with E-state index in [4.69, 9.17) is 25.1 Å². The minimum atomic E-state index is -0.772. The van der Waals surface area contributed by atoms with E-state index in [1.807, 2.05) is 19.1 Å². The van der Waals surface area contributed by atoms with Crippen LogP contribution in [0, 0.1) is 23.7 Å². The Labute approximate surface area is 171 Å². The number of fused-ring (bicyclic) bond motifs is 2. The molecule has 158 valence electrons. The molecule has 5 aliphatic rings. The van der Waals surface area contributed by atoms with Crippen molar-refractivity contribution in [3.63, 3.8) is 0 Å². The van der Waals surface area contributed by atoms with Crippen LogP contribution in [0.2, 0.25) is 0 Å². The largest absolute Gasteiger partial charge is 0.341 e. The zero-order chi connectivity index (χ0) is 20.4. The number of carbonyl (C=O) groups excluding carboxylic acids is 1. The van der Waals surface area contributed by atoms with Gasteiger partial charge in [0.2, 0.25) is 5.79 Å². The van der Waals surface area contributed by atoms with Gasteiger partial charge in [0.05, 0.1) is 6.10 Å². The molecule has 4 aliphatic heterocycles. The Kier molecular flexibility index (Phi) is 4.53. The maximum absolute atomic E-state index is 11.8. The minimum Gasteiger partial charge on any atom is -0.341 e. The molecule has 6 rings (SSSR count). The first kappa shape index (κ1) is 19.5. The Morgan fingerprint density at radius 2 is 1.86 bits per heavy atom. The summed E-state index contributed by atoms with van der Waals surface area (Å²) >= 11 is 0. The van der Waals surface area contributed by atoms with E-state index >= 15 is 0 Å². The maximum atomic E-state index is 11.8. The number of ether oxygens (including phenoxy) is 2. The number of hydrogen-bond acceptors (Lipinski definition) is 6. The Hall–Kier alpha value is -1.51. The molecule has 8 atom stereocenters. The topological polar surface area (TPSA) is 92.0 Å². The normalized spacial score (nSPS) is 45.9. The summed E-state index contributed by atoms with van der Waals surface area (Å²) in [5.41, 5.74) is 3.17. The van der Waals surface area contributed by atoms with E-state index in [0.717, 1.165) is 24.8 Å². The molecule has 0 unspecified atom stereocenters. The van der Waals surface area contributed by atoms with Gasteiger partial charge in [-0.05, 0) is 61.6 Å². The van der Waals surface area contributed by atoms with Gasteiger partial charge in [-0.2, -0.15) is 0 Å². The Morgan fingerprint density at radius 3 is 2.59 bits per heavy atom. The molecule has 1 aromatic carbocycles. The number of amides is 1. The first-order valence-electron chi connectivity index (χ1n) is 10.7. The molecule has 29 heavy (non-hydrogen) atoms. The Bertz CT molecular complexity index is 801. The molecule has 1 aliphatic carbocycles. The maximum Gasteiger partial charge on any atom is 0.265 e. The molecule has 5 fully saturated rings. The molecule has 1 amide bonds. The first-order chi connectivity index (χ1) is 13.9. The van der Waals surface area contributed by atoms with Crippen molar-refractivity contribution in [1.82, 2.24) is 5.43 Å². The monoisotopic (exact) mass is 402 g/mol. The SMILES string of the molecule is C[C@H]1[C@@H](c2ccc(C(=O)NN)cc2)O[C@@H]2O[C@@]3(C)CC[C@H]4[C@H](C)CC[C@@H]1[C@@]24OO3. The molecular weight excluding hydrogens is 372 g/mol. The van der Waals surface area contributed by atoms with Crippen LogP contribution < -0.4 is 11.3 Å². The first-order valence-corrected chi connectivity index (χ1v) is 10.7. The summed E-state index contributed by atoms with van der Waals surface area (Å²) < 4.78 is 13.0. The van der Waals surface area contributed by atoms with Crippen LogP contribution in [0.25, 0.3) is 0 Å². The predicted octanol–water partition coefficient (Wildman–Crippen LogP) is 3.21. The van der Waals surface area contributed by atoms with E-state index < -0.39 is 17.7 Å². The second-order valence-electron chi connectivity index (χ2n) is 9.42. The lowest BCUT2D eigenvalue weighted by Gasteiger charge is -2.60. The number of benzene rings is 1. The molecule has 7 nitrogen and oxygen atoms in total. The molecule has 2 bridgehead atoms. The lowest BCUT2D eigenvalue weighted by molar-refractivity contribution is -0.571. The van der Waals surface area contributed by atoms with Crippen molar-refractivity contribution < 1.29 is 24.0 Å². The summed E-state index contributed by atoms with van der Waals surface area (Å²) in [6.45, 7) is 6.48. The van der Waals surface area contributed by atoms with Crippen LogP contribution in [0.15, 0.2) is 24.3 Å². The highest BCUT2D eigenvalue weighted by Crippen LogP contribution is 2.62. The van der Waals surface area contributed by atoms with Gasteiger partial charge in [0.15, 0.2) is 11.9 Å². The van der Waals surface area contributed by atoms with Crippen LogP contribution >= 0.6 is 0 Å². The number of hydrazine groups is 1. The third-order valence-electron chi connectivity index (χ3n) is 7.79. The second-order valence-corrected chi connectivity index (χ2v) is 9.42. The van der Waals surface area contributed by atoms with Gasteiger partial charge in [0, 0.05) is 17.9 Å². The van der Waals surface area contributed by atoms with Crippen molar-refractivity contribution in [3.8, 4) is 0 Å². The Balaban J connectivity index is 1.51. The van der Waals surface area contributed by atoms with Crippen LogP contribution in [0.3, 0.4) is 0 Å². The number of nitrogens with two attached hydrogens (primary N) is 1. The summed E-state index contributed by atoms with van der Waals surface area (Å²) in [5.74, 6) is 5.57. The molecule has 7 heteroatoms. The third-order valence-corrected chi connectivity index (χ3v) is 7.79. The molecule has 0 radical (unpaired) electrons. The number of rotatable bonds is 2. The molecule has 4 saturated heterocycles. The van der Waals surface area contributed by atoms with Gasteiger partial charge in [0.1, 0.15) is 0 Å². The second kappa shape index (κ2) is 6.75. The number of nitrogen functional groups attached to an aromatic ring is 1. The van der Waals surface area contributed by atoms with Gasteiger partial charge < -0.3 is 9.47 Å². The summed E-state index contributed by atoms with van der Waals surface area (Å²) in [6, 6.07) is 7.46. The van der Waals surface area contributed by atoms with E-state index in [9.17, 15) is 4.79 Å². The molecule has 4 heterocycles. The van der Waals surface area contributed by atoms with E-state index in [0.29, 0.717) is 17.4 Å². The fourth-order valence-electron chi connectivity index (χ4n) is 6.19. The number of hydrogen-bond donors (Lipinski definition) is 2. The van der Waals surface area contributed by atoms with Gasteiger partial charge in [-0.3, -0.25) is 10.2 Å². The lowest BCUT2D eigenvalue weighted by Crippen LogP contribution is -2.69. The molecule has 1 saturated carbocycles. The van der Waals surface area contributed by atoms with E-state index in [-0.39, 0.29) is 23.8 Å². The van der Waals surface area contributed by atoms with Crippen LogP contribution in [0.4, 0.5) is 0 Å². The molecule has 3 N–H and O–H groups in total. The van der Waals surface area contributed by atoms with Gasteiger partial charge in [0.25, 0.3) is 5.91 Å². The highest BCUT2D eigenvalue weighted by Gasteiger charge is 2.69. The van der Waals surface area contributed by atoms with Crippen molar-refractivity contribution in [1.29, 1.82) is 0 Å². The molecular formula is C22H30N2O5. The van der Waals surface area contributed by atoms with Crippen molar-refractivity contribution in [3.05, 3.63) is 35.4 Å². The highest BCUT2D eigenvalue weighted by molar-refractivity contribution is 5.93. The van der Waals surface area contributed by atoms with E-state index in [1.54, 1.807) is 12.1 Å². The smallest absolute Gasteiger partial charge is 0.265 e. The third kappa shape index (κ3) is 2.79. The van der Waals surface area contributed by atoms with E-state index in [2.05, 4.69) is 19.3 Å². The average molecular weight is 402 g/mol.